The number of halogens is 1. The Kier molecular flexibility index (Phi) is 7.93. The zero-order chi connectivity index (χ0) is 28.2. The number of thiazole rings is 1. The van der Waals surface area contributed by atoms with E-state index in [0.29, 0.717) is 46.1 Å². The lowest BCUT2D eigenvalue weighted by atomic mass is 9.95. The van der Waals surface area contributed by atoms with E-state index in [4.69, 9.17) is 9.47 Å². The van der Waals surface area contributed by atoms with E-state index in [1.807, 2.05) is 0 Å². The van der Waals surface area contributed by atoms with Gasteiger partial charge in [-0.05, 0) is 54.4 Å². The number of ether oxygens (including phenoxy) is 2. The van der Waals surface area contributed by atoms with Crippen molar-refractivity contribution < 1.29 is 28.6 Å². The van der Waals surface area contributed by atoms with Crippen LogP contribution in [0.1, 0.15) is 36.9 Å². The molecule has 4 aromatic rings. The fourth-order valence-corrected chi connectivity index (χ4v) is 5.48. The average molecular weight is 559 g/mol. The summed E-state index contributed by atoms with van der Waals surface area (Å²) in [4.78, 5) is 32.8. The summed E-state index contributed by atoms with van der Waals surface area (Å²) in [6, 6.07) is 16.8. The second kappa shape index (κ2) is 11.7. The number of amides is 1. The lowest BCUT2D eigenvalue weighted by Crippen LogP contribution is -2.29. The molecule has 0 bridgehead atoms. The van der Waals surface area contributed by atoms with Gasteiger partial charge in [-0.1, -0.05) is 61.6 Å². The minimum absolute atomic E-state index is 0.0825. The molecule has 1 aliphatic rings. The molecule has 0 saturated carbocycles. The number of aliphatic hydroxyl groups excluding tert-OH is 1. The standard InChI is InChI=1S/C31H27FN2O5S/c1-3-5-16-39-23-8-6-7-20(17-23)28(35)26-27(19-9-12-22(13-10-19)38-15-4-2)34(30(37)29(26)36)31-33-24-14-11-21(32)18-25(24)40-31/h4,6-14,17-18,27,35H,2-3,5,15-16H2,1H3. The second-order valence-corrected chi connectivity index (χ2v) is 10.2. The van der Waals surface area contributed by atoms with E-state index >= 15 is 0 Å². The van der Waals surface area contributed by atoms with Gasteiger partial charge in [0.25, 0.3) is 5.78 Å². The summed E-state index contributed by atoms with van der Waals surface area (Å²) < 4.78 is 25.8. The van der Waals surface area contributed by atoms with Crippen LogP contribution in [0.3, 0.4) is 0 Å². The molecular weight excluding hydrogens is 531 g/mol. The highest BCUT2D eigenvalue weighted by atomic mass is 32.1. The monoisotopic (exact) mass is 558 g/mol. The second-order valence-electron chi connectivity index (χ2n) is 9.18. The molecular formula is C31H27FN2O5S. The summed E-state index contributed by atoms with van der Waals surface area (Å²) in [5.74, 6) is -1.33. The third-order valence-corrected chi connectivity index (χ3v) is 7.44. The van der Waals surface area contributed by atoms with Crippen LogP contribution in [0.4, 0.5) is 9.52 Å². The zero-order valence-electron chi connectivity index (χ0n) is 21.8. The lowest BCUT2D eigenvalue weighted by molar-refractivity contribution is -0.132. The molecule has 2 heterocycles. The molecule has 1 amide bonds. The van der Waals surface area contributed by atoms with Crippen molar-refractivity contribution in [3.8, 4) is 11.5 Å². The van der Waals surface area contributed by atoms with E-state index in [1.165, 1.54) is 23.1 Å². The molecule has 5 rings (SSSR count). The van der Waals surface area contributed by atoms with Crippen LogP contribution in [0.2, 0.25) is 0 Å². The fourth-order valence-electron chi connectivity index (χ4n) is 4.46. The van der Waals surface area contributed by atoms with Crippen molar-refractivity contribution in [2.75, 3.05) is 18.1 Å². The van der Waals surface area contributed by atoms with E-state index in [2.05, 4.69) is 18.5 Å². The van der Waals surface area contributed by atoms with E-state index in [1.54, 1.807) is 54.6 Å². The summed E-state index contributed by atoms with van der Waals surface area (Å²) in [6.45, 7) is 6.54. The maximum atomic E-state index is 13.9. The van der Waals surface area contributed by atoms with Crippen LogP contribution in [0.15, 0.2) is 85.0 Å². The number of aromatic nitrogens is 1. The van der Waals surface area contributed by atoms with Gasteiger partial charge in [-0.2, -0.15) is 0 Å². The molecule has 1 aromatic heterocycles. The van der Waals surface area contributed by atoms with Gasteiger partial charge in [-0.25, -0.2) is 9.37 Å². The van der Waals surface area contributed by atoms with Crippen molar-refractivity contribution in [3.63, 3.8) is 0 Å². The molecule has 204 valence electrons. The molecule has 40 heavy (non-hydrogen) atoms. The third-order valence-electron chi connectivity index (χ3n) is 6.43. The van der Waals surface area contributed by atoms with Gasteiger partial charge in [0.2, 0.25) is 0 Å². The predicted molar refractivity (Wildman–Crippen MR) is 153 cm³/mol. The molecule has 3 aromatic carbocycles. The highest BCUT2D eigenvalue weighted by molar-refractivity contribution is 7.22. The number of Topliss-reactive ketones (excluding diaryl/α,β-unsaturated/α-hetero) is 1. The summed E-state index contributed by atoms with van der Waals surface area (Å²) in [5.41, 5.74) is 1.31. The number of anilines is 1. The molecule has 7 nitrogen and oxygen atoms in total. The average Bonchev–Trinajstić information content (AvgIpc) is 3.49. The maximum Gasteiger partial charge on any atom is 0.301 e. The fraction of sp³-hybridized carbons (Fsp3) is 0.194. The van der Waals surface area contributed by atoms with Crippen molar-refractivity contribution >= 4 is 44.1 Å². The zero-order valence-corrected chi connectivity index (χ0v) is 22.6. The number of benzene rings is 3. The van der Waals surface area contributed by atoms with Crippen LogP contribution >= 0.6 is 11.3 Å². The quantitative estimate of drug-likeness (QED) is 0.0757. The number of unbranched alkanes of at least 4 members (excludes halogenated alkanes) is 1. The molecule has 1 unspecified atom stereocenters. The van der Waals surface area contributed by atoms with Crippen LogP contribution in [0.25, 0.3) is 16.0 Å². The first-order valence-electron chi connectivity index (χ1n) is 12.8. The number of rotatable bonds is 10. The molecule has 1 aliphatic heterocycles. The number of carbonyl (C=O) groups excluding carboxylic acids is 2. The molecule has 0 spiro atoms. The number of hydrogen-bond donors (Lipinski definition) is 1. The van der Waals surface area contributed by atoms with Crippen LogP contribution in [0, 0.1) is 5.82 Å². The van der Waals surface area contributed by atoms with Crippen molar-refractivity contribution in [1.82, 2.24) is 4.98 Å². The van der Waals surface area contributed by atoms with Gasteiger partial charge < -0.3 is 14.6 Å². The molecule has 1 N–H and O–H groups in total. The van der Waals surface area contributed by atoms with Gasteiger partial charge >= 0.3 is 5.91 Å². The van der Waals surface area contributed by atoms with Gasteiger partial charge in [0.05, 0.1) is 28.4 Å². The van der Waals surface area contributed by atoms with Crippen LogP contribution in [-0.2, 0) is 9.59 Å². The van der Waals surface area contributed by atoms with Crippen LogP contribution < -0.4 is 14.4 Å². The lowest BCUT2D eigenvalue weighted by Gasteiger charge is -2.23. The Hall–Kier alpha value is -4.50. The number of carbonyl (C=O) groups is 2. The van der Waals surface area contributed by atoms with E-state index in [9.17, 15) is 19.1 Å². The number of nitrogens with zero attached hydrogens (tertiary/aromatic N) is 2. The molecule has 9 heteroatoms. The Morgan fingerprint density at radius 3 is 2.65 bits per heavy atom. The molecule has 1 fully saturated rings. The Morgan fingerprint density at radius 1 is 1.10 bits per heavy atom. The van der Waals surface area contributed by atoms with E-state index in [-0.39, 0.29) is 16.5 Å². The Balaban J connectivity index is 1.62. The number of ketones is 1. The largest absolute Gasteiger partial charge is 0.507 e. The Morgan fingerprint density at radius 2 is 1.90 bits per heavy atom. The highest BCUT2D eigenvalue weighted by Gasteiger charge is 2.48. The van der Waals surface area contributed by atoms with Crippen molar-refractivity contribution in [1.29, 1.82) is 0 Å². The van der Waals surface area contributed by atoms with Crippen LogP contribution in [0.5, 0.6) is 11.5 Å². The summed E-state index contributed by atoms with van der Waals surface area (Å²) in [6.07, 6.45) is 3.47. The minimum Gasteiger partial charge on any atom is -0.507 e. The number of fused-ring (bicyclic) bond motifs is 1. The van der Waals surface area contributed by atoms with Gasteiger partial charge in [0.15, 0.2) is 5.13 Å². The topological polar surface area (TPSA) is 89.0 Å². The van der Waals surface area contributed by atoms with Crippen molar-refractivity contribution in [2.45, 2.75) is 25.8 Å². The summed E-state index contributed by atoms with van der Waals surface area (Å²) >= 11 is 1.09. The van der Waals surface area contributed by atoms with Crippen LogP contribution in [-0.4, -0.2) is 35.0 Å². The van der Waals surface area contributed by atoms with Gasteiger partial charge in [-0.15, -0.1) is 0 Å². The molecule has 0 radical (unpaired) electrons. The van der Waals surface area contributed by atoms with Gasteiger partial charge in [0, 0.05) is 5.56 Å². The predicted octanol–water partition coefficient (Wildman–Crippen LogP) is 6.81. The van der Waals surface area contributed by atoms with Gasteiger partial charge in [-0.3, -0.25) is 14.5 Å². The van der Waals surface area contributed by atoms with Crippen molar-refractivity contribution in [3.05, 3.63) is 102 Å². The van der Waals surface area contributed by atoms with Gasteiger partial charge in [0.1, 0.15) is 29.7 Å². The number of aliphatic hydroxyl groups is 1. The van der Waals surface area contributed by atoms with E-state index < -0.39 is 23.5 Å². The molecule has 0 aliphatic carbocycles. The molecule has 1 atom stereocenters. The summed E-state index contributed by atoms with van der Waals surface area (Å²) in [7, 11) is 0. The normalized spacial score (nSPS) is 16.4. The third kappa shape index (κ3) is 5.33. The Bertz CT molecular complexity index is 1610. The molecule has 1 saturated heterocycles. The summed E-state index contributed by atoms with van der Waals surface area (Å²) in [5, 5.41) is 11.7. The Labute approximate surface area is 234 Å². The first-order valence-corrected chi connectivity index (χ1v) is 13.7. The maximum absolute atomic E-state index is 13.9. The van der Waals surface area contributed by atoms with Crippen molar-refractivity contribution in [2.24, 2.45) is 0 Å². The minimum atomic E-state index is -0.983. The SMILES string of the molecule is C=CCOc1ccc(C2C(=C(O)c3cccc(OCCCC)c3)C(=O)C(=O)N2c2nc3ccc(F)cc3s2)cc1. The first kappa shape index (κ1) is 27.1. The number of hydrogen-bond acceptors (Lipinski definition) is 7. The van der Waals surface area contributed by atoms with E-state index in [0.717, 1.165) is 24.2 Å². The first-order chi connectivity index (χ1) is 19.4. The smallest absolute Gasteiger partial charge is 0.301 e. The highest BCUT2D eigenvalue weighted by Crippen LogP contribution is 2.44.